The molecule has 0 bridgehead atoms. The highest BCUT2D eigenvalue weighted by molar-refractivity contribution is 6.08. The van der Waals surface area contributed by atoms with Gasteiger partial charge in [-0.1, -0.05) is 30.3 Å². The normalized spacial score (nSPS) is 11.7. The SMILES string of the molecule is O=C(NCc1ccc(NC(=O)c2ccccc2N2C=C2)cc1)OCc1cccnc1. The van der Waals surface area contributed by atoms with Gasteiger partial charge in [-0.3, -0.25) is 9.78 Å². The van der Waals surface area contributed by atoms with Gasteiger partial charge >= 0.3 is 6.09 Å². The van der Waals surface area contributed by atoms with Crippen molar-refractivity contribution >= 4 is 23.4 Å². The van der Waals surface area contributed by atoms with Crippen LogP contribution in [0.25, 0.3) is 0 Å². The van der Waals surface area contributed by atoms with Gasteiger partial charge in [0.25, 0.3) is 5.91 Å². The third-order valence-corrected chi connectivity index (χ3v) is 4.47. The summed E-state index contributed by atoms with van der Waals surface area (Å²) in [5.41, 5.74) is 3.84. The Bertz CT molecular complexity index is 1060. The van der Waals surface area contributed by atoms with Crippen LogP contribution in [0.15, 0.2) is 85.5 Å². The van der Waals surface area contributed by atoms with Crippen molar-refractivity contribution in [3.05, 3.63) is 102 Å². The highest BCUT2D eigenvalue weighted by Crippen LogP contribution is 2.27. The van der Waals surface area contributed by atoms with Gasteiger partial charge in [0.05, 0.1) is 11.3 Å². The van der Waals surface area contributed by atoms with Crippen molar-refractivity contribution in [3.63, 3.8) is 0 Å². The molecule has 0 unspecified atom stereocenters. The predicted octanol–water partition coefficient (Wildman–Crippen LogP) is 4.05. The Balaban J connectivity index is 1.27. The van der Waals surface area contributed by atoms with Crippen molar-refractivity contribution in [3.8, 4) is 0 Å². The summed E-state index contributed by atoms with van der Waals surface area (Å²) < 4.78 is 5.15. The molecule has 30 heavy (non-hydrogen) atoms. The highest BCUT2D eigenvalue weighted by atomic mass is 16.5. The number of carbonyl (C=O) groups is 2. The van der Waals surface area contributed by atoms with Crippen LogP contribution in [-0.4, -0.2) is 17.0 Å². The van der Waals surface area contributed by atoms with Gasteiger partial charge in [0.15, 0.2) is 0 Å². The average Bonchev–Trinajstić information content (AvgIpc) is 3.63. The lowest BCUT2D eigenvalue weighted by molar-refractivity contribution is 0.102. The van der Waals surface area contributed by atoms with Crippen molar-refractivity contribution in [2.75, 3.05) is 10.2 Å². The number of carbonyl (C=O) groups excluding carboxylic acids is 2. The van der Waals surface area contributed by atoms with E-state index in [4.69, 9.17) is 4.74 Å². The van der Waals surface area contributed by atoms with E-state index in [-0.39, 0.29) is 12.5 Å². The lowest BCUT2D eigenvalue weighted by Crippen LogP contribution is -2.23. The Kier molecular flexibility index (Phi) is 5.70. The fourth-order valence-electron chi connectivity index (χ4n) is 2.85. The molecule has 3 aromatic rings. The molecule has 1 aliphatic heterocycles. The van der Waals surface area contributed by atoms with E-state index in [2.05, 4.69) is 15.6 Å². The van der Waals surface area contributed by atoms with E-state index >= 15 is 0 Å². The van der Waals surface area contributed by atoms with Crippen LogP contribution in [0.5, 0.6) is 0 Å². The summed E-state index contributed by atoms with van der Waals surface area (Å²) in [5.74, 6) is -0.177. The van der Waals surface area contributed by atoms with Gasteiger partial charge in [-0.2, -0.15) is 0 Å². The van der Waals surface area contributed by atoms with Crippen molar-refractivity contribution in [1.29, 1.82) is 0 Å². The number of nitrogens with zero attached hydrogens (tertiary/aromatic N) is 2. The van der Waals surface area contributed by atoms with Crippen molar-refractivity contribution < 1.29 is 14.3 Å². The summed E-state index contributed by atoms with van der Waals surface area (Å²) in [6, 6.07) is 18.3. The Hall–Kier alpha value is -4.13. The molecule has 150 valence electrons. The number of ether oxygens (including phenoxy) is 1. The molecule has 0 fully saturated rings. The maximum atomic E-state index is 12.6. The van der Waals surface area contributed by atoms with Crippen LogP contribution in [0.2, 0.25) is 0 Å². The summed E-state index contributed by atoms with van der Waals surface area (Å²) in [6.45, 7) is 0.489. The summed E-state index contributed by atoms with van der Waals surface area (Å²) in [4.78, 5) is 30.3. The van der Waals surface area contributed by atoms with Gasteiger partial charge in [0.1, 0.15) is 6.61 Å². The molecule has 0 atom stereocenters. The number of amides is 2. The fraction of sp³-hybridized carbons (Fsp3) is 0.0870. The summed E-state index contributed by atoms with van der Waals surface area (Å²) in [6.07, 6.45) is 6.61. The number of alkyl carbamates (subject to hydrolysis) is 1. The number of hydrogen-bond donors (Lipinski definition) is 2. The van der Waals surface area contributed by atoms with Crippen LogP contribution >= 0.6 is 0 Å². The molecule has 2 heterocycles. The Morgan fingerprint density at radius 2 is 1.73 bits per heavy atom. The number of anilines is 2. The molecule has 2 aromatic carbocycles. The highest BCUT2D eigenvalue weighted by Gasteiger charge is 2.18. The number of nitrogens with one attached hydrogen (secondary N) is 2. The van der Waals surface area contributed by atoms with Crippen LogP contribution < -0.4 is 15.5 Å². The van der Waals surface area contributed by atoms with Crippen molar-refractivity contribution in [2.24, 2.45) is 0 Å². The smallest absolute Gasteiger partial charge is 0.407 e. The largest absolute Gasteiger partial charge is 0.445 e. The molecule has 1 aromatic heterocycles. The standard InChI is InChI=1S/C23H20N4O3/c28-22(20-5-1-2-6-21(20)27-12-13-27)26-19-9-7-17(8-10-19)15-25-23(29)30-16-18-4-3-11-24-14-18/h1-14H,15-16H2,(H,25,29)(H,26,28). The monoisotopic (exact) mass is 400 g/mol. The summed E-state index contributed by atoms with van der Waals surface area (Å²) in [5, 5.41) is 5.60. The van der Waals surface area contributed by atoms with Crippen molar-refractivity contribution in [2.45, 2.75) is 13.2 Å². The van der Waals surface area contributed by atoms with Crippen LogP contribution in [0.3, 0.4) is 0 Å². The first kappa shape index (κ1) is 19.2. The predicted molar refractivity (Wildman–Crippen MR) is 114 cm³/mol. The lowest BCUT2D eigenvalue weighted by atomic mass is 10.1. The minimum atomic E-state index is -0.503. The molecule has 0 radical (unpaired) electrons. The Labute approximate surface area is 174 Å². The van der Waals surface area contributed by atoms with Crippen LogP contribution in [-0.2, 0) is 17.9 Å². The average molecular weight is 400 g/mol. The van der Waals surface area contributed by atoms with Gasteiger partial charge in [-0.25, -0.2) is 4.79 Å². The van der Waals surface area contributed by atoms with E-state index in [1.165, 1.54) is 0 Å². The van der Waals surface area contributed by atoms with E-state index < -0.39 is 6.09 Å². The van der Waals surface area contributed by atoms with Gasteiger partial charge < -0.3 is 20.3 Å². The first-order valence-electron chi connectivity index (χ1n) is 9.44. The third-order valence-electron chi connectivity index (χ3n) is 4.47. The second-order valence-corrected chi connectivity index (χ2v) is 6.66. The maximum absolute atomic E-state index is 12.6. The Morgan fingerprint density at radius 3 is 2.47 bits per heavy atom. The first-order valence-corrected chi connectivity index (χ1v) is 9.44. The lowest BCUT2D eigenvalue weighted by Gasteiger charge is -2.12. The molecule has 0 saturated carbocycles. The number of rotatable bonds is 7. The molecular formula is C23H20N4O3. The maximum Gasteiger partial charge on any atom is 0.407 e. The van der Waals surface area contributed by atoms with E-state index in [1.807, 2.05) is 53.7 Å². The van der Waals surface area contributed by atoms with E-state index in [0.717, 1.165) is 16.8 Å². The van der Waals surface area contributed by atoms with E-state index in [0.29, 0.717) is 17.8 Å². The van der Waals surface area contributed by atoms with Crippen LogP contribution in [0.1, 0.15) is 21.5 Å². The number of pyridine rings is 1. The van der Waals surface area contributed by atoms with Gasteiger partial charge in [-0.15, -0.1) is 0 Å². The van der Waals surface area contributed by atoms with Gasteiger partial charge in [0, 0.05) is 42.6 Å². The molecule has 2 amide bonds. The molecule has 0 aliphatic carbocycles. The summed E-state index contributed by atoms with van der Waals surface area (Å²) >= 11 is 0. The zero-order chi connectivity index (χ0) is 20.8. The number of hydrogen-bond acceptors (Lipinski definition) is 5. The number of aromatic nitrogens is 1. The topological polar surface area (TPSA) is 83.3 Å². The van der Waals surface area contributed by atoms with Crippen LogP contribution in [0.4, 0.5) is 16.2 Å². The molecule has 7 nitrogen and oxygen atoms in total. The quantitative estimate of drug-likeness (QED) is 0.625. The minimum absolute atomic E-state index is 0.166. The molecular weight excluding hydrogens is 380 g/mol. The molecule has 2 N–H and O–H groups in total. The van der Waals surface area contributed by atoms with Crippen molar-refractivity contribution in [1.82, 2.24) is 10.3 Å². The zero-order valence-corrected chi connectivity index (χ0v) is 16.1. The van der Waals surface area contributed by atoms with E-state index in [1.54, 1.807) is 36.7 Å². The zero-order valence-electron chi connectivity index (χ0n) is 16.1. The molecule has 0 spiro atoms. The second-order valence-electron chi connectivity index (χ2n) is 6.66. The van der Waals surface area contributed by atoms with E-state index in [9.17, 15) is 9.59 Å². The third kappa shape index (κ3) is 5.02. The minimum Gasteiger partial charge on any atom is -0.445 e. The number of benzene rings is 2. The molecule has 7 heteroatoms. The second kappa shape index (κ2) is 8.91. The molecule has 0 saturated heterocycles. The fourth-order valence-corrected chi connectivity index (χ4v) is 2.85. The van der Waals surface area contributed by atoms with Gasteiger partial charge in [0.2, 0.25) is 0 Å². The molecule has 1 aliphatic rings. The Morgan fingerprint density at radius 1 is 0.933 bits per heavy atom. The number of para-hydroxylation sites is 1. The molecule has 4 rings (SSSR count). The van der Waals surface area contributed by atoms with Gasteiger partial charge in [-0.05, 0) is 35.9 Å². The van der Waals surface area contributed by atoms with Crippen LogP contribution in [0, 0.1) is 0 Å². The first-order chi connectivity index (χ1) is 14.7. The summed E-state index contributed by atoms with van der Waals surface area (Å²) in [7, 11) is 0.